The summed E-state index contributed by atoms with van der Waals surface area (Å²) in [5, 5.41) is 3.43. The second kappa shape index (κ2) is 13.1. The Hall–Kier alpha value is -3.36. The van der Waals surface area contributed by atoms with Crippen LogP contribution in [0.3, 0.4) is 0 Å². The number of benzene rings is 3. The highest BCUT2D eigenvalue weighted by atomic mass is 35.5. The first-order valence-corrected chi connectivity index (χ1v) is 15.0. The predicted octanol–water partition coefficient (Wildman–Crippen LogP) is 4.89. The largest absolute Gasteiger partial charge is 0.352 e. The minimum Gasteiger partial charge on any atom is -0.352 e. The number of carbonyl (C=O) groups is 2. The van der Waals surface area contributed by atoms with Crippen LogP contribution in [0.2, 0.25) is 5.02 Å². The third-order valence-corrected chi connectivity index (χ3v) is 7.49. The molecular formula is C30H36ClN3O4S. The third kappa shape index (κ3) is 8.83. The first kappa shape index (κ1) is 30.2. The molecule has 0 bridgehead atoms. The van der Waals surface area contributed by atoms with E-state index in [1.54, 1.807) is 30.3 Å². The fourth-order valence-corrected chi connectivity index (χ4v) is 5.52. The molecule has 0 spiro atoms. The second-order valence-electron chi connectivity index (χ2n) is 10.1. The molecule has 0 fully saturated rings. The number of hydrogen-bond donors (Lipinski definition) is 1. The molecule has 0 radical (unpaired) electrons. The monoisotopic (exact) mass is 569 g/mol. The summed E-state index contributed by atoms with van der Waals surface area (Å²) >= 11 is 6.23. The number of amides is 2. The van der Waals surface area contributed by atoms with Crippen LogP contribution >= 0.6 is 11.6 Å². The average molecular weight is 570 g/mol. The molecule has 9 heteroatoms. The Balaban J connectivity index is 2.07. The van der Waals surface area contributed by atoms with Gasteiger partial charge in [-0.1, -0.05) is 60.1 Å². The van der Waals surface area contributed by atoms with Crippen LogP contribution < -0.4 is 9.62 Å². The lowest BCUT2D eigenvalue weighted by molar-refractivity contribution is -0.140. The van der Waals surface area contributed by atoms with Crippen molar-refractivity contribution >= 4 is 39.1 Å². The molecule has 1 atom stereocenters. The maximum atomic E-state index is 14.1. The van der Waals surface area contributed by atoms with E-state index >= 15 is 0 Å². The fraction of sp³-hybridized carbons (Fsp3) is 0.333. The van der Waals surface area contributed by atoms with Crippen molar-refractivity contribution in [1.29, 1.82) is 0 Å². The summed E-state index contributed by atoms with van der Waals surface area (Å²) in [4.78, 5) is 29.1. The predicted molar refractivity (Wildman–Crippen MR) is 157 cm³/mol. The van der Waals surface area contributed by atoms with Crippen LogP contribution in [0.5, 0.6) is 0 Å². The first-order chi connectivity index (χ1) is 18.3. The molecule has 0 saturated heterocycles. The Morgan fingerprint density at radius 1 is 0.897 bits per heavy atom. The van der Waals surface area contributed by atoms with Crippen molar-refractivity contribution in [1.82, 2.24) is 10.2 Å². The van der Waals surface area contributed by atoms with Crippen molar-refractivity contribution in [3.63, 3.8) is 0 Å². The molecule has 1 unspecified atom stereocenters. The maximum absolute atomic E-state index is 14.1. The third-order valence-electron chi connectivity index (χ3n) is 6.12. The second-order valence-corrected chi connectivity index (χ2v) is 12.5. The van der Waals surface area contributed by atoms with Gasteiger partial charge in [-0.25, -0.2) is 8.42 Å². The van der Waals surface area contributed by atoms with Crippen LogP contribution in [0, 0.1) is 13.8 Å². The van der Waals surface area contributed by atoms with Crippen LogP contribution in [0.25, 0.3) is 0 Å². The van der Waals surface area contributed by atoms with Crippen molar-refractivity contribution in [2.45, 2.75) is 52.7 Å². The summed E-state index contributed by atoms with van der Waals surface area (Å²) < 4.78 is 26.9. The Morgan fingerprint density at radius 2 is 1.51 bits per heavy atom. The molecule has 0 heterocycles. The van der Waals surface area contributed by atoms with Crippen molar-refractivity contribution < 1.29 is 18.0 Å². The van der Waals surface area contributed by atoms with Gasteiger partial charge in [-0.2, -0.15) is 0 Å². The Bertz CT molecular complexity index is 1390. The number of halogens is 1. The molecule has 0 saturated carbocycles. The van der Waals surface area contributed by atoms with Crippen molar-refractivity contribution in [2.24, 2.45) is 0 Å². The van der Waals surface area contributed by atoms with Gasteiger partial charge >= 0.3 is 0 Å². The van der Waals surface area contributed by atoms with Crippen LogP contribution in [-0.4, -0.2) is 50.0 Å². The summed E-state index contributed by atoms with van der Waals surface area (Å²) in [5.41, 5.74) is 3.75. The van der Waals surface area contributed by atoms with Crippen LogP contribution in [-0.2, 0) is 32.6 Å². The number of aryl methyl sites for hydroxylation is 2. The lowest BCUT2D eigenvalue weighted by atomic mass is 10.0. The van der Waals surface area contributed by atoms with Gasteiger partial charge in [0.25, 0.3) is 0 Å². The molecule has 0 aliphatic heterocycles. The molecule has 1 N–H and O–H groups in total. The number of hydrogen-bond acceptors (Lipinski definition) is 4. The van der Waals surface area contributed by atoms with Gasteiger partial charge in [0.05, 0.1) is 11.9 Å². The summed E-state index contributed by atoms with van der Waals surface area (Å²) in [6.45, 7) is 7.07. The fourth-order valence-electron chi connectivity index (χ4n) is 4.48. The van der Waals surface area contributed by atoms with Gasteiger partial charge in [0.2, 0.25) is 21.8 Å². The highest BCUT2D eigenvalue weighted by molar-refractivity contribution is 7.92. The SMILES string of the molecule is Cc1cc(C)cc(N(CC(=O)N(Cc2cccc(Cl)c2)C(Cc2ccccc2)C(=O)NC(C)C)S(C)(=O)=O)c1. The smallest absolute Gasteiger partial charge is 0.244 e. The lowest BCUT2D eigenvalue weighted by Gasteiger charge is -2.34. The van der Waals surface area contributed by atoms with E-state index in [2.05, 4.69) is 5.32 Å². The molecule has 208 valence electrons. The summed E-state index contributed by atoms with van der Waals surface area (Å²) in [7, 11) is -3.82. The number of nitrogens with zero attached hydrogens (tertiary/aromatic N) is 2. The van der Waals surface area contributed by atoms with Gasteiger partial charge in [-0.05, 0) is 74.2 Å². The quantitative estimate of drug-likeness (QED) is 0.356. The van der Waals surface area contributed by atoms with Crippen molar-refractivity contribution in [2.75, 3.05) is 17.1 Å². The van der Waals surface area contributed by atoms with E-state index in [1.165, 1.54) is 4.90 Å². The maximum Gasteiger partial charge on any atom is 0.244 e. The number of rotatable bonds is 11. The number of anilines is 1. The van der Waals surface area contributed by atoms with Crippen LogP contribution in [0.1, 0.15) is 36.1 Å². The summed E-state index contributed by atoms with van der Waals surface area (Å²) in [5.74, 6) is -0.819. The van der Waals surface area contributed by atoms with E-state index < -0.39 is 28.5 Å². The minimum absolute atomic E-state index is 0.0762. The minimum atomic E-state index is -3.82. The van der Waals surface area contributed by atoms with Crippen LogP contribution in [0.15, 0.2) is 72.8 Å². The standard InChI is InChI=1S/C30H36ClN3O4S/c1-21(2)32-30(36)28(18-24-10-7-6-8-11-24)33(19-25-12-9-13-26(31)17-25)29(35)20-34(39(5,37)38)27-15-22(3)14-23(4)16-27/h6-17,21,28H,18-20H2,1-5H3,(H,32,36). The van der Waals surface area contributed by atoms with Crippen LogP contribution in [0.4, 0.5) is 5.69 Å². The molecule has 0 aliphatic rings. The molecule has 0 aliphatic carbocycles. The van der Waals surface area contributed by atoms with Gasteiger partial charge in [0.15, 0.2) is 0 Å². The van der Waals surface area contributed by atoms with Gasteiger partial charge in [0.1, 0.15) is 12.6 Å². The van der Waals surface area contributed by atoms with E-state index in [1.807, 2.05) is 70.2 Å². The Morgan fingerprint density at radius 3 is 2.08 bits per heavy atom. The molecule has 2 amide bonds. The highest BCUT2D eigenvalue weighted by Crippen LogP contribution is 2.23. The lowest BCUT2D eigenvalue weighted by Crippen LogP contribution is -2.54. The Kier molecular flexibility index (Phi) is 10.2. The van der Waals surface area contributed by atoms with E-state index in [0.717, 1.165) is 32.8 Å². The van der Waals surface area contributed by atoms with E-state index in [9.17, 15) is 18.0 Å². The highest BCUT2D eigenvalue weighted by Gasteiger charge is 2.33. The van der Waals surface area contributed by atoms with Crippen molar-refractivity contribution in [3.05, 3.63) is 100 Å². The molecule has 0 aromatic heterocycles. The first-order valence-electron chi connectivity index (χ1n) is 12.8. The molecule has 3 aromatic rings. The number of sulfonamides is 1. The summed E-state index contributed by atoms with van der Waals surface area (Å²) in [6.07, 6.45) is 1.33. The molecule has 39 heavy (non-hydrogen) atoms. The zero-order valence-corrected chi connectivity index (χ0v) is 24.6. The average Bonchev–Trinajstić information content (AvgIpc) is 2.83. The summed E-state index contributed by atoms with van der Waals surface area (Å²) in [6, 6.07) is 20.9. The van der Waals surface area contributed by atoms with Gasteiger partial charge in [-0.15, -0.1) is 0 Å². The normalized spacial score (nSPS) is 12.2. The topological polar surface area (TPSA) is 86.8 Å². The van der Waals surface area contributed by atoms with Crippen molar-refractivity contribution in [3.8, 4) is 0 Å². The zero-order chi connectivity index (χ0) is 28.7. The molecule has 3 aromatic carbocycles. The number of carbonyl (C=O) groups excluding carboxylic acids is 2. The Labute approximate surface area is 236 Å². The number of nitrogens with one attached hydrogen (secondary N) is 1. The van der Waals surface area contributed by atoms with Gasteiger partial charge in [0, 0.05) is 24.0 Å². The van der Waals surface area contributed by atoms with Gasteiger partial charge in [-0.3, -0.25) is 13.9 Å². The zero-order valence-electron chi connectivity index (χ0n) is 23.0. The van der Waals surface area contributed by atoms with Gasteiger partial charge < -0.3 is 10.2 Å². The molecule has 3 rings (SSSR count). The van der Waals surface area contributed by atoms with E-state index in [4.69, 9.17) is 11.6 Å². The van der Waals surface area contributed by atoms with E-state index in [-0.39, 0.29) is 24.9 Å². The molecular weight excluding hydrogens is 534 g/mol. The van der Waals surface area contributed by atoms with E-state index in [0.29, 0.717) is 10.7 Å². The molecule has 7 nitrogen and oxygen atoms in total.